The molecule has 2 atom stereocenters. The topological polar surface area (TPSA) is 38.5 Å². The van der Waals surface area contributed by atoms with Gasteiger partial charge in [-0.25, -0.2) is 0 Å². The van der Waals surface area contributed by atoms with Gasteiger partial charge in [-0.15, -0.1) is 13.2 Å². The van der Waals surface area contributed by atoms with Crippen LogP contribution in [-0.2, 0) is 6.54 Å². The fourth-order valence-electron chi connectivity index (χ4n) is 2.99. The van der Waals surface area contributed by atoms with Crippen LogP contribution in [0.2, 0.25) is 0 Å². The third kappa shape index (κ3) is 4.61. The fraction of sp³-hybridized carbons (Fsp3) is 0.600. The summed E-state index contributed by atoms with van der Waals surface area (Å²) in [5, 5.41) is 0. The van der Waals surface area contributed by atoms with Gasteiger partial charge in [0.1, 0.15) is 5.75 Å². The monoisotopic (exact) mass is 302 g/mol. The second-order valence-corrected chi connectivity index (χ2v) is 5.59. The predicted molar refractivity (Wildman–Crippen MR) is 74.8 cm³/mol. The van der Waals surface area contributed by atoms with E-state index in [0.717, 1.165) is 24.9 Å². The van der Waals surface area contributed by atoms with Crippen molar-refractivity contribution in [3.8, 4) is 5.75 Å². The maximum atomic E-state index is 12.3. The summed E-state index contributed by atoms with van der Waals surface area (Å²) in [7, 11) is 0. The molecule has 1 fully saturated rings. The summed E-state index contributed by atoms with van der Waals surface area (Å²) in [6.45, 7) is 4.27. The van der Waals surface area contributed by atoms with E-state index in [0.29, 0.717) is 19.0 Å². The van der Waals surface area contributed by atoms with Crippen LogP contribution in [0, 0.1) is 5.92 Å². The SMILES string of the molecule is CC1CCCN(Cc2cccc(OC(F)(F)F)c2)C1CN. The molecule has 2 rings (SSSR count). The number of hydrogen-bond donors (Lipinski definition) is 1. The second-order valence-electron chi connectivity index (χ2n) is 5.59. The minimum Gasteiger partial charge on any atom is -0.406 e. The lowest BCUT2D eigenvalue weighted by Crippen LogP contribution is -2.47. The van der Waals surface area contributed by atoms with E-state index in [4.69, 9.17) is 5.73 Å². The molecule has 21 heavy (non-hydrogen) atoms. The predicted octanol–water partition coefficient (Wildman–Crippen LogP) is 3.14. The van der Waals surface area contributed by atoms with Gasteiger partial charge in [0.15, 0.2) is 0 Å². The minimum absolute atomic E-state index is 0.172. The summed E-state index contributed by atoms with van der Waals surface area (Å²) in [6, 6.07) is 6.44. The van der Waals surface area contributed by atoms with Gasteiger partial charge in [-0.1, -0.05) is 19.1 Å². The van der Waals surface area contributed by atoms with Crippen LogP contribution in [0.15, 0.2) is 24.3 Å². The number of piperidine rings is 1. The summed E-state index contributed by atoms with van der Waals surface area (Å²) < 4.78 is 40.7. The molecular formula is C15H21F3N2O. The molecule has 1 aromatic rings. The molecule has 118 valence electrons. The quantitative estimate of drug-likeness (QED) is 0.928. The van der Waals surface area contributed by atoms with Gasteiger partial charge in [0, 0.05) is 19.1 Å². The number of hydrogen-bond acceptors (Lipinski definition) is 3. The van der Waals surface area contributed by atoms with Crippen molar-refractivity contribution in [2.24, 2.45) is 11.7 Å². The highest BCUT2D eigenvalue weighted by Gasteiger charge is 2.31. The lowest BCUT2D eigenvalue weighted by atomic mass is 9.90. The van der Waals surface area contributed by atoms with E-state index in [1.165, 1.54) is 12.1 Å². The van der Waals surface area contributed by atoms with Gasteiger partial charge in [0.25, 0.3) is 0 Å². The lowest BCUT2D eigenvalue weighted by molar-refractivity contribution is -0.274. The fourth-order valence-corrected chi connectivity index (χ4v) is 2.99. The molecule has 1 aliphatic rings. The van der Waals surface area contributed by atoms with Crippen LogP contribution in [0.4, 0.5) is 13.2 Å². The Morgan fingerprint density at radius 2 is 2.14 bits per heavy atom. The summed E-state index contributed by atoms with van der Waals surface area (Å²) in [4.78, 5) is 2.25. The number of nitrogens with two attached hydrogens (primary N) is 1. The average Bonchev–Trinajstić information content (AvgIpc) is 2.37. The van der Waals surface area contributed by atoms with Gasteiger partial charge >= 0.3 is 6.36 Å². The molecular weight excluding hydrogens is 281 g/mol. The van der Waals surface area contributed by atoms with Gasteiger partial charge < -0.3 is 10.5 Å². The highest BCUT2D eigenvalue weighted by Crippen LogP contribution is 2.27. The van der Waals surface area contributed by atoms with Crippen molar-refractivity contribution in [2.75, 3.05) is 13.1 Å². The zero-order chi connectivity index (χ0) is 15.5. The Morgan fingerprint density at radius 1 is 1.38 bits per heavy atom. The first-order valence-corrected chi connectivity index (χ1v) is 7.18. The van der Waals surface area contributed by atoms with Crippen molar-refractivity contribution in [3.63, 3.8) is 0 Å². The largest absolute Gasteiger partial charge is 0.573 e. The summed E-state index contributed by atoms with van der Waals surface area (Å²) in [6.07, 6.45) is -2.41. The van der Waals surface area contributed by atoms with Crippen LogP contribution in [-0.4, -0.2) is 30.4 Å². The smallest absolute Gasteiger partial charge is 0.406 e. The first-order chi connectivity index (χ1) is 9.89. The number of ether oxygens (including phenoxy) is 1. The lowest BCUT2D eigenvalue weighted by Gasteiger charge is -2.39. The Bertz CT molecular complexity index is 464. The second kappa shape index (κ2) is 6.66. The van der Waals surface area contributed by atoms with E-state index in [1.807, 2.05) is 6.07 Å². The molecule has 0 amide bonds. The Hall–Kier alpha value is -1.27. The minimum atomic E-state index is -4.65. The van der Waals surface area contributed by atoms with Gasteiger partial charge in [-0.3, -0.25) is 4.90 Å². The van der Waals surface area contributed by atoms with E-state index in [2.05, 4.69) is 16.6 Å². The van der Waals surface area contributed by atoms with Crippen LogP contribution >= 0.6 is 0 Å². The average molecular weight is 302 g/mol. The summed E-state index contributed by atoms with van der Waals surface area (Å²) in [5.41, 5.74) is 6.65. The zero-order valence-electron chi connectivity index (χ0n) is 12.1. The number of nitrogens with zero attached hydrogens (tertiary/aromatic N) is 1. The molecule has 0 aromatic heterocycles. The summed E-state index contributed by atoms with van der Waals surface area (Å²) >= 11 is 0. The van der Waals surface area contributed by atoms with Crippen LogP contribution < -0.4 is 10.5 Å². The first-order valence-electron chi connectivity index (χ1n) is 7.18. The molecule has 0 saturated carbocycles. The molecule has 0 aliphatic carbocycles. The van der Waals surface area contributed by atoms with Crippen molar-refractivity contribution >= 4 is 0 Å². The molecule has 1 aliphatic heterocycles. The van der Waals surface area contributed by atoms with Crippen molar-refractivity contribution in [2.45, 2.75) is 38.7 Å². The van der Waals surface area contributed by atoms with Crippen LogP contribution in [0.5, 0.6) is 5.75 Å². The first kappa shape index (κ1) is 16.1. The number of halogens is 3. The molecule has 1 aromatic carbocycles. The van der Waals surface area contributed by atoms with Crippen LogP contribution in [0.1, 0.15) is 25.3 Å². The molecule has 1 saturated heterocycles. The third-order valence-corrected chi connectivity index (χ3v) is 3.99. The molecule has 2 N–H and O–H groups in total. The maximum absolute atomic E-state index is 12.3. The number of likely N-dealkylation sites (tertiary alicyclic amines) is 1. The highest BCUT2D eigenvalue weighted by atomic mass is 19.4. The van der Waals surface area contributed by atoms with E-state index in [-0.39, 0.29) is 11.8 Å². The van der Waals surface area contributed by atoms with Gasteiger partial charge in [0.2, 0.25) is 0 Å². The standard InChI is InChI=1S/C15H21F3N2O/c1-11-4-3-7-20(14(11)9-19)10-12-5-2-6-13(8-12)21-15(16,17)18/h2,5-6,8,11,14H,3-4,7,9-10,19H2,1H3. The van der Waals surface area contributed by atoms with E-state index in [1.54, 1.807) is 6.07 Å². The molecule has 6 heteroatoms. The molecule has 0 radical (unpaired) electrons. The molecule has 1 heterocycles. The van der Waals surface area contributed by atoms with Gasteiger partial charge in [-0.05, 0) is 43.0 Å². The number of alkyl halides is 3. The van der Waals surface area contributed by atoms with Gasteiger partial charge in [0.05, 0.1) is 0 Å². The number of benzene rings is 1. The van der Waals surface area contributed by atoms with E-state index in [9.17, 15) is 13.2 Å². The highest BCUT2D eigenvalue weighted by molar-refractivity contribution is 5.28. The molecule has 0 bridgehead atoms. The Balaban J connectivity index is 2.06. The Morgan fingerprint density at radius 3 is 2.81 bits per heavy atom. The van der Waals surface area contributed by atoms with Crippen molar-refractivity contribution in [1.29, 1.82) is 0 Å². The van der Waals surface area contributed by atoms with Crippen LogP contribution in [0.25, 0.3) is 0 Å². The van der Waals surface area contributed by atoms with Crippen molar-refractivity contribution < 1.29 is 17.9 Å². The van der Waals surface area contributed by atoms with Gasteiger partial charge in [-0.2, -0.15) is 0 Å². The molecule has 2 unspecified atom stereocenters. The maximum Gasteiger partial charge on any atom is 0.573 e. The normalized spacial score (nSPS) is 24.0. The van der Waals surface area contributed by atoms with Crippen molar-refractivity contribution in [3.05, 3.63) is 29.8 Å². The third-order valence-electron chi connectivity index (χ3n) is 3.99. The summed E-state index contributed by atoms with van der Waals surface area (Å²) in [5.74, 6) is 0.340. The Kier molecular flexibility index (Phi) is 5.11. The van der Waals surface area contributed by atoms with E-state index < -0.39 is 6.36 Å². The van der Waals surface area contributed by atoms with Crippen molar-refractivity contribution in [1.82, 2.24) is 4.90 Å². The number of rotatable bonds is 4. The van der Waals surface area contributed by atoms with Crippen LogP contribution in [0.3, 0.4) is 0 Å². The molecule has 3 nitrogen and oxygen atoms in total. The molecule has 0 spiro atoms. The Labute approximate surface area is 122 Å². The zero-order valence-corrected chi connectivity index (χ0v) is 12.1. The van der Waals surface area contributed by atoms with E-state index >= 15 is 0 Å².